The van der Waals surface area contributed by atoms with E-state index in [1.807, 2.05) is 25.1 Å². The highest BCUT2D eigenvalue weighted by atomic mass is 35.5. The van der Waals surface area contributed by atoms with Gasteiger partial charge in [0, 0.05) is 11.1 Å². The Labute approximate surface area is 170 Å². The normalized spacial score (nSPS) is 12.3. The van der Waals surface area contributed by atoms with Crippen molar-refractivity contribution in [1.29, 1.82) is 0 Å². The van der Waals surface area contributed by atoms with E-state index in [0.29, 0.717) is 38.3 Å². The summed E-state index contributed by atoms with van der Waals surface area (Å²) in [6.45, 7) is 1.82. The van der Waals surface area contributed by atoms with Crippen LogP contribution in [-0.4, -0.2) is 30.2 Å². The second-order valence-electron chi connectivity index (χ2n) is 6.09. The lowest BCUT2D eigenvalue weighted by atomic mass is 10.0. The number of hydrogen-bond donors (Lipinski definition) is 1. The van der Waals surface area contributed by atoms with Crippen molar-refractivity contribution in [1.82, 2.24) is 30.2 Å². The summed E-state index contributed by atoms with van der Waals surface area (Å²) in [4.78, 5) is 9.89. The highest BCUT2D eigenvalue weighted by Gasteiger charge is 2.19. The second kappa shape index (κ2) is 7.21. The molecule has 0 saturated carbocycles. The van der Waals surface area contributed by atoms with Gasteiger partial charge in [0.15, 0.2) is 6.10 Å². The summed E-state index contributed by atoms with van der Waals surface area (Å²) in [5, 5.41) is 13.5. The Balaban J connectivity index is 1.85. The Hall–Kier alpha value is -2.97. The number of fused-ring (bicyclic) bond motifs is 1. The minimum atomic E-state index is -0.447. The van der Waals surface area contributed by atoms with Gasteiger partial charge in [-0.05, 0) is 30.3 Å². The number of nitrogens with two attached hydrogens (primary N) is 1. The number of nitrogen functional groups attached to an aromatic ring is 1. The van der Waals surface area contributed by atoms with Crippen LogP contribution in [0.1, 0.15) is 18.9 Å². The highest BCUT2D eigenvalue weighted by Crippen LogP contribution is 2.40. The third-order valence-corrected chi connectivity index (χ3v) is 5.03. The van der Waals surface area contributed by atoms with Crippen LogP contribution in [0.15, 0.2) is 36.7 Å². The predicted molar refractivity (Wildman–Crippen MR) is 107 cm³/mol. The largest absolute Gasteiger partial charge is 0.482 e. The molecule has 4 aromatic rings. The van der Waals surface area contributed by atoms with Crippen molar-refractivity contribution in [2.45, 2.75) is 13.0 Å². The van der Waals surface area contributed by atoms with Crippen LogP contribution in [0.3, 0.4) is 0 Å². The van der Waals surface area contributed by atoms with E-state index in [2.05, 4.69) is 25.4 Å². The molecule has 0 saturated heterocycles. The molecule has 2 heterocycles. The summed E-state index contributed by atoms with van der Waals surface area (Å²) in [6.07, 6.45) is 0.953. The van der Waals surface area contributed by atoms with Crippen LogP contribution in [0.5, 0.6) is 5.75 Å². The molecule has 0 unspecified atom stereocenters. The van der Waals surface area contributed by atoms with Crippen LogP contribution in [0.2, 0.25) is 10.0 Å². The van der Waals surface area contributed by atoms with Gasteiger partial charge in [0.2, 0.25) is 5.82 Å². The first-order valence-electron chi connectivity index (χ1n) is 8.34. The van der Waals surface area contributed by atoms with Crippen molar-refractivity contribution >= 4 is 39.9 Å². The van der Waals surface area contributed by atoms with Gasteiger partial charge in [-0.1, -0.05) is 35.3 Å². The molecule has 2 aromatic carbocycles. The van der Waals surface area contributed by atoms with Gasteiger partial charge < -0.3 is 10.5 Å². The van der Waals surface area contributed by atoms with Gasteiger partial charge in [0.1, 0.15) is 17.9 Å². The fraction of sp³-hybridized carbons (Fsp3) is 0.167. The maximum atomic E-state index is 6.41. The zero-order valence-electron chi connectivity index (χ0n) is 15.0. The Kier molecular flexibility index (Phi) is 4.74. The number of nitrogens with zero attached hydrogens (tertiary/aromatic N) is 6. The van der Waals surface area contributed by atoms with Gasteiger partial charge in [-0.2, -0.15) is 4.80 Å². The van der Waals surface area contributed by atoms with Crippen molar-refractivity contribution < 1.29 is 4.74 Å². The Bertz CT molecular complexity index is 1180. The number of hydrogen-bond acceptors (Lipinski definition) is 7. The number of benzene rings is 2. The van der Waals surface area contributed by atoms with E-state index in [1.165, 1.54) is 11.1 Å². The molecule has 0 bridgehead atoms. The summed E-state index contributed by atoms with van der Waals surface area (Å²) in [5.41, 5.74) is 8.27. The van der Waals surface area contributed by atoms with Crippen LogP contribution in [0.4, 0.5) is 5.82 Å². The van der Waals surface area contributed by atoms with E-state index < -0.39 is 6.10 Å². The molecule has 0 amide bonds. The highest BCUT2D eigenvalue weighted by molar-refractivity contribution is 6.44. The average molecular weight is 416 g/mol. The van der Waals surface area contributed by atoms with Gasteiger partial charge in [0.25, 0.3) is 0 Å². The van der Waals surface area contributed by atoms with Crippen LogP contribution >= 0.6 is 23.2 Å². The van der Waals surface area contributed by atoms with E-state index in [4.69, 9.17) is 33.7 Å². The summed E-state index contributed by atoms with van der Waals surface area (Å²) in [7, 11) is 1.69. The van der Waals surface area contributed by atoms with E-state index in [9.17, 15) is 0 Å². The molecule has 10 heteroatoms. The third kappa shape index (κ3) is 3.21. The summed E-state index contributed by atoms with van der Waals surface area (Å²) >= 11 is 12.6. The standard InChI is InChI=1S/C18H15Cl2N7O/c1-9(18-24-26-27(2)25-18)28-13-7-6-11(10-4-3-5-12(19)15(10)20)16-14(13)17(21)23-8-22-16/h3-9H,1-2H3,(H2,21,22,23)/t9-/m0/s1. The summed E-state index contributed by atoms with van der Waals surface area (Å²) < 4.78 is 6.06. The second-order valence-corrected chi connectivity index (χ2v) is 6.88. The molecule has 0 fully saturated rings. The first-order chi connectivity index (χ1) is 13.5. The molecular formula is C18H15Cl2N7O. The monoisotopic (exact) mass is 415 g/mol. The molecule has 0 aliphatic rings. The van der Waals surface area contributed by atoms with Crippen LogP contribution in [0.25, 0.3) is 22.0 Å². The molecule has 1 atom stereocenters. The molecule has 0 spiro atoms. The first kappa shape index (κ1) is 18.4. The van der Waals surface area contributed by atoms with E-state index >= 15 is 0 Å². The van der Waals surface area contributed by atoms with Gasteiger partial charge in [-0.15, -0.1) is 10.2 Å². The molecule has 0 radical (unpaired) electrons. The Morgan fingerprint density at radius 3 is 2.68 bits per heavy atom. The molecule has 2 N–H and O–H groups in total. The molecular weight excluding hydrogens is 401 g/mol. The number of ether oxygens (including phenoxy) is 1. The molecule has 0 aliphatic carbocycles. The maximum absolute atomic E-state index is 6.41. The number of rotatable bonds is 4. The van der Waals surface area contributed by atoms with Crippen LogP contribution in [0, 0.1) is 0 Å². The molecule has 4 rings (SSSR count). The van der Waals surface area contributed by atoms with Gasteiger partial charge in [-0.3, -0.25) is 0 Å². The summed E-state index contributed by atoms with van der Waals surface area (Å²) in [5.74, 6) is 1.25. The first-order valence-corrected chi connectivity index (χ1v) is 9.09. The molecule has 28 heavy (non-hydrogen) atoms. The minimum absolute atomic E-state index is 0.291. The van der Waals surface area contributed by atoms with E-state index in [-0.39, 0.29) is 0 Å². The zero-order valence-corrected chi connectivity index (χ0v) is 16.5. The number of halogens is 2. The lowest BCUT2D eigenvalue weighted by Crippen LogP contribution is -2.07. The van der Waals surface area contributed by atoms with Gasteiger partial charge in [0.05, 0.1) is 28.0 Å². The molecule has 142 valence electrons. The Morgan fingerprint density at radius 1 is 1.11 bits per heavy atom. The zero-order chi connectivity index (χ0) is 19.8. The van der Waals surface area contributed by atoms with E-state index in [1.54, 1.807) is 19.2 Å². The topological polar surface area (TPSA) is 105 Å². The van der Waals surface area contributed by atoms with Crippen LogP contribution in [-0.2, 0) is 7.05 Å². The number of aryl methyl sites for hydroxylation is 1. The average Bonchev–Trinajstić information content (AvgIpc) is 3.11. The van der Waals surface area contributed by atoms with Gasteiger partial charge >= 0.3 is 0 Å². The molecule has 0 aliphatic heterocycles. The fourth-order valence-corrected chi connectivity index (χ4v) is 3.30. The third-order valence-electron chi connectivity index (χ3n) is 4.21. The predicted octanol–water partition coefficient (Wildman–Crippen LogP) is 3.85. The van der Waals surface area contributed by atoms with E-state index in [0.717, 1.165) is 11.1 Å². The van der Waals surface area contributed by atoms with Crippen molar-refractivity contribution in [3.8, 4) is 16.9 Å². The molecule has 2 aromatic heterocycles. The SMILES string of the molecule is C[C@H](Oc1ccc(-c2cccc(Cl)c2Cl)c2ncnc(N)c12)c1nnn(C)n1. The number of anilines is 1. The quantitative estimate of drug-likeness (QED) is 0.539. The smallest absolute Gasteiger partial charge is 0.214 e. The van der Waals surface area contributed by atoms with Crippen molar-refractivity contribution in [2.75, 3.05) is 5.73 Å². The number of tetrazole rings is 1. The van der Waals surface area contributed by atoms with Crippen molar-refractivity contribution in [3.63, 3.8) is 0 Å². The van der Waals surface area contributed by atoms with Gasteiger partial charge in [-0.25, -0.2) is 9.97 Å². The molecule has 8 nitrogen and oxygen atoms in total. The lowest BCUT2D eigenvalue weighted by molar-refractivity contribution is 0.219. The number of aromatic nitrogens is 6. The van der Waals surface area contributed by atoms with Crippen LogP contribution < -0.4 is 10.5 Å². The van der Waals surface area contributed by atoms with Crippen molar-refractivity contribution in [3.05, 3.63) is 52.5 Å². The minimum Gasteiger partial charge on any atom is -0.482 e. The summed E-state index contributed by atoms with van der Waals surface area (Å²) in [6, 6.07) is 9.08. The fourth-order valence-electron chi connectivity index (χ4n) is 2.90. The van der Waals surface area contributed by atoms with Crippen molar-refractivity contribution in [2.24, 2.45) is 7.05 Å². The maximum Gasteiger partial charge on any atom is 0.214 e. The lowest BCUT2D eigenvalue weighted by Gasteiger charge is -2.16. The Morgan fingerprint density at radius 2 is 1.93 bits per heavy atom.